The zero-order valence-corrected chi connectivity index (χ0v) is 18.8. The zero-order valence-electron chi connectivity index (χ0n) is 17.2. The molecule has 3 aromatic rings. The lowest BCUT2D eigenvalue weighted by atomic mass is 10.1. The molecule has 2 aromatic heterocycles. The van der Waals surface area contributed by atoms with Gasteiger partial charge in [0, 0.05) is 25.8 Å². The van der Waals surface area contributed by atoms with E-state index in [2.05, 4.69) is 15.5 Å². The molecule has 1 amide bonds. The summed E-state index contributed by atoms with van der Waals surface area (Å²) >= 11 is 1.21. The van der Waals surface area contributed by atoms with Crippen LogP contribution in [0.15, 0.2) is 52.6 Å². The van der Waals surface area contributed by atoms with Crippen LogP contribution >= 0.6 is 11.8 Å². The van der Waals surface area contributed by atoms with Crippen LogP contribution in [0.25, 0.3) is 5.65 Å². The first-order chi connectivity index (χ1) is 14.3. The second-order valence-corrected chi connectivity index (χ2v) is 9.60. The molecule has 0 aliphatic carbocycles. The van der Waals surface area contributed by atoms with Gasteiger partial charge in [-0.05, 0) is 24.6 Å². The van der Waals surface area contributed by atoms with E-state index in [0.717, 1.165) is 5.56 Å². The highest BCUT2D eigenvalue weighted by atomic mass is 32.2. The molecule has 1 aromatic carbocycles. The van der Waals surface area contributed by atoms with Crippen LogP contribution in [0.5, 0.6) is 0 Å². The van der Waals surface area contributed by atoms with Gasteiger partial charge in [0.05, 0.1) is 10.6 Å². The lowest BCUT2D eigenvalue weighted by Crippen LogP contribution is -2.30. The van der Waals surface area contributed by atoms with Crippen LogP contribution in [-0.2, 0) is 21.4 Å². The van der Waals surface area contributed by atoms with Crippen molar-refractivity contribution in [2.24, 2.45) is 0 Å². The number of sulfonamides is 1. The Balaban J connectivity index is 1.69. The molecule has 3 rings (SSSR count). The maximum Gasteiger partial charge on any atom is 0.244 e. The van der Waals surface area contributed by atoms with Gasteiger partial charge in [-0.1, -0.05) is 55.4 Å². The standard InChI is InChI=1S/C20H25N5O3S2/c1-4-24(5-2)30(27,28)17-10-11-18-22-23-20(25(18)13-17)29-14-19(26)21-12-16-8-6-15(3)7-9-16/h6-11,13H,4-5,12,14H2,1-3H3,(H,21,26). The number of amides is 1. The Kier molecular flexibility index (Phi) is 7.11. The molecule has 0 radical (unpaired) electrons. The van der Waals surface area contributed by atoms with Crippen molar-refractivity contribution in [3.8, 4) is 0 Å². The minimum Gasteiger partial charge on any atom is -0.351 e. The normalized spacial score (nSPS) is 11.9. The van der Waals surface area contributed by atoms with E-state index in [1.807, 2.05) is 31.2 Å². The van der Waals surface area contributed by atoms with E-state index < -0.39 is 10.0 Å². The van der Waals surface area contributed by atoms with Crippen molar-refractivity contribution in [2.75, 3.05) is 18.8 Å². The molecule has 0 unspecified atom stereocenters. The van der Waals surface area contributed by atoms with Crippen molar-refractivity contribution in [3.05, 3.63) is 53.7 Å². The molecule has 0 atom stereocenters. The van der Waals surface area contributed by atoms with Gasteiger partial charge < -0.3 is 5.32 Å². The number of thioether (sulfide) groups is 1. The maximum absolute atomic E-state index is 12.8. The number of hydrogen-bond donors (Lipinski definition) is 1. The van der Waals surface area contributed by atoms with E-state index in [1.54, 1.807) is 24.3 Å². The summed E-state index contributed by atoms with van der Waals surface area (Å²) in [5.74, 6) is 0.0175. The summed E-state index contributed by atoms with van der Waals surface area (Å²) in [6.45, 7) is 6.85. The molecule has 1 N–H and O–H groups in total. The molecule has 0 bridgehead atoms. The Hall–Kier alpha value is -2.43. The number of benzene rings is 1. The Morgan fingerprint density at radius 1 is 1.10 bits per heavy atom. The number of nitrogens with zero attached hydrogens (tertiary/aromatic N) is 4. The number of aryl methyl sites for hydroxylation is 1. The molecule has 0 saturated carbocycles. The first-order valence-corrected chi connectivity index (χ1v) is 12.1. The quantitative estimate of drug-likeness (QED) is 0.506. The minimum absolute atomic E-state index is 0.135. The fraction of sp³-hybridized carbons (Fsp3) is 0.350. The summed E-state index contributed by atoms with van der Waals surface area (Å²) < 4.78 is 28.6. The number of rotatable bonds is 9. The van der Waals surface area contributed by atoms with Crippen LogP contribution in [0.2, 0.25) is 0 Å². The van der Waals surface area contributed by atoms with Crippen molar-refractivity contribution < 1.29 is 13.2 Å². The molecule has 10 heteroatoms. The summed E-state index contributed by atoms with van der Waals surface area (Å²) in [6.07, 6.45) is 1.51. The third-order valence-corrected chi connectivity index (χ3v) is 7.61. The first-order valence-electron chi connectivity index (χ1n) is 9.65. The van der Waals surface area contributed by atoms with Crippen molar-refractivity contribution in [2.45, 2.75) is 37.4 Å². The van der Waals surface area contributed by atoms with Crippen molar-refractivity contribution in [1.29, 1.82) is 0 Å². The predicted octanol–water partition coefficient (Wildman–Crippen LogP) is 2.48. The second-order valence-electron chi connectivity index (χ2n) is 6.72. The molecule has 2 heterocycles. The smallest absolute Gasteiger partial charge is 0.244 e. The Morgan fingerprint density at radius 2 is 1.80 bits per heavy atom. The third-order valence-electron chi connectivity index (χ3n) is 4.63. The number of carbonyl (C=O) groups excluding carboxylic acids is 1. The minimum atomic E-state index is -3.59. The van der Waals surface area contributed by atoms with Crippen LogP contribution < -0.4 is 5.32 Å². The first kappa shape index (κ1) is 22.3. The Morgan fingerprint density at radius 3 is 2.47 bits per heavy atom. The average molecular weight is 448 g/mol. The maximum atomic E-state index is 12.8. The molecule has 30 heavy (non-hydrogen) atoms. The van der Waals surface area contributed by atoms with Gasteiger partial charge >= 0.3 is 0 Å². The van der Waals surface area contributed by atoms with E-state index in [0.29, 0.717) is 30.4 Å². The number of nitrogens with one attached hydrogen (secondary N) is 1. The van der Waals surface area contributed by atoms with Gasteiger partial charge in [-0.3, -0.25) is 9.20 Å². The van der Waals surface area contributed by atoms with E-state index in [9.17, 15) is 13.2 Å². The molecular weight excluding hydrogens is 422 g/mol. The van der Waals surface area contributed by atoms with Crippen molar-refractivity contribution in [3.63, 3.8) is 0 Å². The van der Waals surface area contributed by atoms with Crippen molar-refractivity contribution >= 4 is 33.3 Å². The Labute approximate surface area is 180 Å². The summed E-state index contributed by atoms with van der Waals surface area (Å²) in [5, 5.41) is 11.5. The number of carbonyl (C=O) groups is 1. The summed E-state index contributed by atoms with van der Waals surface area (Å²) in [6, 6.07) is 11.1. The second kappa shape index (κ2) is 9.59. The Bertz CT molecular complexity index is 1120. The van der Waals surface area contributed by atoms with E-state index in [1.165, 1.54) is 33.9 Å². The number of pyridine rings is 1. The van der Waals surface area contributed by atoms with Crippen molar-refractivity contribution in [1.82, 2.24) is 24.2 Å². The predicted molar refractivity (Wildman–Crippen MR) is 117 cm³/mol. The molecule has 0 fully saturated rings. The molecule has 0 aliphatic rings. The molecular formula is C20H25N5O3S2. The van der Waals surface area contributed by atoms with Gasteiger partial charge in [0.15, 0.2) is 10.8 Å². The lowest BCUT2D eigenvalue weighted by Gasteiger charge is -2.18. The van der Waals surface area contributed by atoms with Gasteiger partial charge in [-0.2, -0.15) is 4.31 Å². The number of hydrogen-bond acceptors (Lipinski definition) is 6. The summed E-state index contributed by atoms with van der Waals surface area (Å²) in [4.78, 5) is 12.4. The summed E-state index contributed by atoms with van der Waals surface area (Å²) in [5.41, 5.74) is 2.72. The monoisotopic (exact) mass is 447 g/mol. The molecule has 8 nitrogen and oxygen atoms in total. The van der Waals surface area contributed by atoms with Crippen LogP contribution in [0.3, 0.4) is 0 Å². The average Bonchev–Trinajstić information content (AvgIpc) is 3.15. The van der Waals surface area contributed by atoms with E-state index in [-0.39, 0.29) is 16.6 Å². The topological polar surface area (TPSA) is 96.7 Å². The highest BCUT2D eigenvalue weighted by molar-refractivity contribution is 7.99. The summed E-state index contributed by atoms with van der Waals surface area (Å²) in [7, 11) is -3.59. The van der Waals surface area contributed by atoms with Crippen LogP contribution in [0.4, 0.5) is 0 Å². The largest absolute Gasteiger partial charge is 0.351 e. The lowest BCUT2D eigenvalue weighted by molar-refractivity contribution is -0.118. The van der Waals surface area contributed by atoms with Gasteiger partial charge in [-0.15, -0.1) is 10.2 Å². The van der Waals surface area contributed by atoms with Gasteiger partial charge in [-0.25, -0.2) is 8.42 Å². The van der Waals surface area contributed by atoms with Crippen LogP contribution in [0, 0.1) is 6.92 Å². The third kappa shape index (κ3) is 5.00. The van der Waals surface area contributed by atoms with Gasteiger partial charge in [0.2, 0.25) is 15.9 Å². The van der Waals surface area contributed by atoms with E-state index in [4.69, 9.17) is 0 Å². The molecule has 160 valence electrons. The fourth-order valence-electron chi connectivity index (χ4n) is 2.90. The van der Waals surface area contributed by atoms with Crippen LogP contribution in [0.1, 0.15) is 25.0 Å². The van der Waals surface area contributed by atoms with Crippen LogP contribution in [-0.4, -0.2) is 52.1 Å². The molecule has 0 saturated heterocycles. The van der Waals surface area contributed by atoms with E-state index >= 15 is 0 Å². The number of fused-ring (bicyclic) bond motifs is 1. The van der Waals surface area contributed by atoms with Gasteiger partial charge in [0.1, 0.15) is 0 Å². The molecule has 0 aliphatic heterocycles. The van der Waals surface area contributed by atoms with Gasteiger partial charge in [0.25, 0.3) is 0 Å². The highest BCUT2D eigenvalue weighted by Gasteiger charge is 2.23. The fourth-order valence-corrected chi connectivity index (χ4v) is 5.10. The SMILES string of the molecule is CCN(CC)S(=O)(=O)c1ccc2nnc(SCC(=O)NCc3ccc(C)cc3)n2c1. The highest BCUT2D eigenvalue weighted by Crippen LogP contribution is 2.21. The number of aromatic nitrogens is 3. The molecule has 0 spiro atoms. The zero-order chi connectivity index (χ0) is 21.7.